The first-order valence-corrected chi connectivity index (χ1v) is 6.11. The third-order valence-electron chi connectivity index (χ3n) is 3.37. The van der Waals surface area contributed by atoms with Gasteiger partial charge in [0, 0.05) is 19.0 Å². The van der Waals surface area contributed by atoms with Gasteiger partial charge in [0.15, 0.2) is 0 Å². The first-order valence-electron chi connectivity index (χ1n) is 6.11. The molecule has 0 aromatic carbocycles. The maximum absolute atomic E-state index is 11.6. The van der Waals surface area contributed by atoms with Gasteiger partial charge in [-0.3, -0.25) is 4.79 Å². The van der Waals surface area contributed by atoms with E-state index in [4.69, 9.17) is 4.52 Å². The van der Waals surface area contributed by atoms with Crippen LogP contribution in [0.2, 0.25) is 0 Å². The van der Waals surface area contributed by atoms with Crippen LogP contribution >= 0.6 is 0 Å². The molecule has 0 atom stereocenters. The number of ether oxygens (including phenoxy) is 1. The predicted molar refractivity (Wildman–Crippen MR) is 66.6 cm³/mol. The van der Waals surface area contributed by atoms with Crippen LogP contribution in [0.3, 0.4) is 0 Å². The number of nitrogens with zero attached hydrogens (tertiary/aromatic N) is 2. The summed E-state index contributed by atoms with van der Waals surface area (Å²) in [5.74, 6) is -0.394. The second kappa shape index (κ2) is 5.69. The minimum atomic E-state index is -0.444. The summed E-state index contributed by atoms with van der Waals surface area (Å²) in [4.78, 5) is 24.8. The van der Waals surface area contributed by atoms with Gasteiger partial charge in [-0.25, -0.2) is 4.79 Å². The average molecular weight is 264 g/mol. The fourth-order valence-corrected chi connectivity index (χ4v) is 2.30. The minimum Gasteiger partial charge on any atom is -0.465 e. The van der Waals surface area contributed by atoms with E-state index >= 15 is 0 Å². The van der Waals surface area contributed by atoms with Gasteiger partial charge in [-0.05, 0) is 18.9 Å². The fourth-order valence-electron chi connectivity index (χ4n) is 2.30. The maximum atomic E-state index is 11.6. The van der Waals surface area contributed by atoms with Crippen LogP contribution in [-0.4, -0.2) is 42.1 Å². The molecule has 0 saturated carbocycles. The van der Waals surface area contributed by atoms with E-state index in [2.05, 4.69) is 16.5 Å². The number of hydrogen-bond donors (Lipinski definition) is 0. The predicted octanol–water partition coefficient (Wildman–Crippen LogP) is 1.35. The highest BCUT2D eigenvalue weighted by atomic mass is 16.5. The van der Waals surface area contributed by atoms with Gasteiger partial charge in [0.05, 0.1) is 7.11 Å². The zero-order valence-electron chi connectivity index (χ0n) is 10.8. The smallest absolute Gasteiger partial charge is 0.343 e. The summed E-state index contributed by atoms with van der Waals surface area (Å²) < 4.78 is 9.56. The van der Waals surface area contributed by atoms with Crippen molar-refractivity contribution in [1.29, 1.82) is 0 Å². The van der Waals surface area contributed by atoms with E-state index in [1.54, 1.807) is 4.90 Å². The Hall–Kier alpha value is -2.11. The van der Waals surface area contributed by atoms with Gasteiger partial charge in [0.25, 0.3) is 0 Å². The highest BCUT2D eigenvalue weighted by molar-refractivity contribution is 5.90. The van der Waals surface area contributed by atoms with Gasteiger partial charge in [-0.15, -0.1) is 0 Å². The molecule has 0 aliphatic carbocycles. The van der Waals surface area contributed by atoms with Crippen molar-refractivity contribution in [1.82, 2.24) is 10.1 Å². The number of rotatable bonds is 3. The summed E-state index contributed by atoms with van der Waals surface area (Å²) in [6.07, 6.45) is 4.12. The van der Waals surface area contributed by atoms with Crippen molar-refractivity contribution in [3.05, 3.63) is 30.2 Å². The Morgan fingerprint density at radius 3 is 2.79 bits per heavy atom. The average Bonchev–Trinajstić information content (AvgIpc) is 2.95. The van der Waals surface area contributed by atoms with Gasteiger partial charge >= 0.3 is 5.97 Å². The van der Waals surface area contributed by atoms with Gasteiger partial charge in [0.1, 0.15) is 17.5 Å². The summed E-state index contributed by atoms with van der Waals surface area (Å²) in [6, 6.07) is 0. The molecule has 1 aromatic rings. The van der Waals surface area contributed by atoms with Crippen LogP contribution < -0.4 is 0 Å². The molecule has 0 radical (unpaired) electrons. The number of piperidine rings is 1. The lowest BCUT2D eigenvalue weighted by Gasteiger charge is -2.30. The highest BCUT2D eigenvalue weighted by Gasteiger charge is 2.28. The number of carbonyl (C=O) groups excluding carboxylic acids is 2. The maximum Gasteiger partial charge on any atom is 0.343 e. The van der Waals surface area contributed by atoms with Crippen molar-refractivity contribution < 1.29 is 18.8 Å². The van der Waals surface area contributed by atoms with Crippen molar-refractivity contribution in [2.75, 3.05) is 20.2 Å². The van der Waals surface area contributed by atoms with E-state index in [9.17, 15) is 9.59 Å². The van der Waals surface area contributed by atoms with Crippen LogP contribution in [-0.2, 0) is 9.53 Å². The number of esters is 1. The molecule has 1 saturated heterocycles. The third-order valence-corrected chi connectivity index (χ3v) is 3.37. The lowest BCUT2D eigenvalue weighted by molar-refractivity contribution is -0.127. The van der Waals surface area contributed by atoms with Crippen molar-refractivity contribution in [3.8, 4) is 0 Å². The summed E-state index contributed by atoms with van der Waals surface area (Å²) in [7, 11) is 1.32. The highest BCUT2D eigenvalue weighted by Crippen LogP contribution is 2.29. The van der Waals surface area contributed by atoms with Gasteiger partial charge in [0.2, 0.25) is 5.91 Å². The molecule has 1 amide bonds. The van der Waals surface area contributed by atoms with Crippen LogP contribution in [0.1, 0.15) is 34.8 Å². The van der Waals surface area contributed by atoms with E-state index in [1.807, 2.05) is 0 Å². The number of hydrogen-bond acceptors (Lipinski definition) is 5. The van der Waals surface area contributed by atoms with Crippen LogP contribution in [0, 0.1) is 0 Å². The molecule has 1 fully saturated rings. The molecule has 0 N–H and O–H groups in total. The Morgan fingerprint density at radius 2 is 2.21 bits per heavy atom. The molecule has 0 bridgehead atoms. The normalized spacial score (nSPS) is 16.2. The van der Waals surface area contributed by atoms with Crippen molar-refractivity contribution in [2.24, 2.45) is 0 Å². The van der Waals surface area contributed by atoms with Crippen molar-refractivity contribution >= 4 is 11.9 Å². The van der Waals surface area contributed by atoms with Crippen molar-refractivity contribution in [2.45, 2.75) is 18.8 Å². The molecule has 2 rings (SSSR count). The summed E-state index contributed by atoms with van der Waals surface area (Å²) in [6.45, 7) is 4.73. The SMILES string of the molecule is C=CC(=O)N1CCC(c2nocc2C(=O)OC)CC1. The molecule has 102 valence electrons. The van der Waals surface area contributed by atoms with Crippen LogP contribution in [0.15, 0.2) is 23.4 Å². The van der Waals surface area contributed by atoms with Crippen LogP contribution in [0.5, 0.6) is 0 Å². The molecule has 19 heavy (non-hydrogen) atoms. The molecular weight excluding hydrogens is 248 g/mol. The number of aromatic nitrogens is 1. The summed E-state index contributed by atoms with van der Waals surface area (Å²) >= 11 is 0. The topological polar surface area (TPSA) is 72.6 Å². The molecule has 1 aromatic heterocycles. The van der Waals surface area contributed by atoms with E-state index in [1.165, 1.54) is 19.4 Å². The lowest BCUT2D eigenvalue weighted by atomic mass is 9.91. The summed E-state index contributed by atoms with van der Waals surface area (Å²) in [5, 5.41) is 3.90. The molecule has 0 unspecified atom stereocenters. The van der Waals surface area contributed by atoms with E-state index in [-0.39, 0.29) is 11.8 Å². The Balaban J connectivity index is 2.06. The number of likely N-dealkylation sites (tertiary alicyclic amines) is 1. The molecule has 0 spiro atoms. The first-order chi connectivity index (χ1) is 9.17. The van der Waals surface area contributed by atoms with Crippen molar-refractivity contribution in [3.63, 3.8) is 0 Å². The quantitative estimate of drug-likeness (QED) is 0.608. The molecule has 2 heterocycles. The Morgan fingerprint density at radius 1 is 1.53 bits per heavy atom. The zero-order valence-corrected chi connectivity index (χ0v) is 10.8. The Bertz CT molecular complexity index is 487. The van der Waals surface area contributed by atoms with Crippen LogP contribution in [0.25, 0.3) is 0 Å². The van der Waals surface area contributed by atoms with E-state index in [0.29, 0.717) is 24.3 Å². The number of amides is 1. The first kappa shape index (κ1) is 13.3. The van der Waals surface area contributed by atoms with Gasteiger partial charge in [-0.2, -0.15) is 0 Å². The lowest BCUT2D eigenvalue weighted by Crippen LogP contribution is -2.37. The van der Waals surface area contributed by atoms with E-state index in [0.717, 1.165) is 12.8 Å². The standard InChI is InChI=1S/C13H16N2O4/c1-3-11(16)15-6-4-9(5-7-15)12-10(8-19-14-12)13(17)18-2/h3,8-9H,1,4-7H2,2H3. The fraction of sp³-hybridized carbons (Fsp3) is 0.462. The van der Waals surface area contributed by atoms with E-state index < -0.39 is 5.97 Å². The monoisotopic (exact) mass is 264 g/mol. The number of methoxy groups -OCH3 is 1. The minimum absolute atomic E-state index is 0.0632. The largest absolute Gasteiger partial charge is 0.465 e. The molecule has 6 nitrogen and oxygen atoms in total. The zero-order chi connectivity index (χ0) is 13.8. The Labute approximate surface area is 111 Å². The third kappa shape index (κ3) is 2.67. The number of carbonyl (C=O) groups is 2. The molecular formula is C13H16N2O4. The second-order valence-electron chi connectivity index (χ2n) is 4.41. The molecule has 1 aliphatic heterocycles. The molecule has 1 aliphatic rings. The second-order valence-corrected chi connectivity index (χ2v) is 4.41. The van der Waals surface area contributed by atoms with Gasteiger partial charge < -0.3 is 14.2 Å². The van der Waals surface area contributed by atoms with Crippen LogP contribution in [0.4, 0.5) is 0 Å². The van der Waals surface area contributed by atoms with Gasteiger partial charge in [-0.1, -0.05) is 11.7 Å². The summed E-state index contributed by atoms with van der Waals surface area (Å²) in [5.41, 5.74) is 0.994. The molecule has 6 heteroatoms. The Kier molecular flexibility index (Phi) is 3.99.